The Bertz CT molecular complexity index is 1300. The van der Waals surface area contributed by atoms with Gasteiger partial charge in [-0.2, -0.15) is 0 Å². The number of rotatable bonds is 6. The standard InChI is InChI=1S/C31H31N3O2/c1-20-12-8-10-16-26(20)33-30(35)28-22(3)32-23(4)29(25(28)19-18-24-14-6-5-7-15-24)31(36)34-27-17-11-9-13-21(27)2/h5-19,25,32H,1-4H3,(H,33,35)(H,34,36)/b19-18-. The van der Waals surface area contributed by atoms with Crippen LogP contribution < -0.4 is 16.0 Å². The number of hydrogen-bond donors (Lipinski definition) is 3. The SMILES string of the molecule is CC1=C(C(=O)Nc2ccccc2C)C(/C=C\c2ccccc2)C(C(=O)Nc2ccccc2C)=C(C)N1. The molecule has 0 atom stereocenters. The fourth-order valence-corrected chi connectivity index (χ4v) is 4.42. The summed E-state index contributed by atoms with van der Waals surface area (Å²) in [5, 5.41) is 9.37. The summed E-state index contributed by atoms with van der Waals surface area (Å²) in [7, 11) is 0. The van der Waals surface area contributed by atoms with Gasteiger partial charge in [-0.05, 0) is 56.5 Å². The van der Waals surface area contributed by atoms with Crippen LogP contribution in [0.5, 0.6) is 0 Å². The molecule has 5 heteroatoms. The number of dihydropyridines is 1. The van der Waals surface area contributed by atoms with E-state index in [0.29, 0.717) is 22.5 Å². The van der Waals surface area contributed by atoms with E-state index in [2.05, 4.69) is 16.0 Å². The topological polar surface area (TPSA) is 70.2 Å². The molecule has 0 unspecified atom stereocenters. The van der Waals surface area contributed by atoms with Gasteiger partial charge in [-0.3, -0.25) is 9.59 Å². The van der Waals surface area contributed by atoms with Gasteiger partial charge in [0.15, 0.2) is 0 Å². The minimum Gasteiger partial charge on any atom is -0.362 e. The van der Waals surface area contributed by atoms with Crippen molar-refractivity contribution in [2.75, 3.05) is 10.6 Å². The average Bonchev–Trinajstić information content (AvgIpc) is 2.85. The molecule has 5 nitrogen and oxygen atoms in total. The lowest BCUT2D eigenvalue weighted by Crippen LogP contribution is -2.35. The molecule has 0 saturated heterocycles. The van der Waals surface area contributed by atoms with Crippen LogP contribution in [0.1, 0.15) is 30.5 Å². The molecule has 4 rings (SSSR count). The van der Waals surface area contributed by atoms with Gasteiger partial charge in [0.25, 0.3) is 11.8 Å². The predicted octanol–water partition coefficient (Wildman–Crippen LogP) is 6.36. The number of para-hydroxylation sites is 2. The number of hydrogen-bond acceptors (Lipinski definition) is 3. The van der Waals surface area contributed by atoms with Crippen LogP contribution in [0.4, 0.5) is 11.4 Å². The zero-order chi connectivity index (χ0) is 25.7. The number of carbonyl (C=O) groups is 2. The second-order valence-electron chi connectivity index (χ2n) is 8.99. The van der Waals surface area contributed by atoms with Crippen molar-refractivity contribution >= 4 is 29.3 Å². The molecule has 0 aromatic heterocycles. The summed E-state index contributed by atoms with van der Waals surface area (Å²) in [4.78, 5) is 27.3. The first-order valence-electron chi connectivity index (χ1n) is 12.0. The molecule has 2 amide bonds. The average molecular weight is 478 g/mol. The van der Waals surface area contributed by atoms with Crippen LogP contribution in [0.2, 0.25) is 0 Å². The van der Waals surface area contributed by atoms with E-state index < -0.39 is 5.92 Å². The first-order chi connectivity index (χ1) is 17.3. The third-order valence-electron chi connectivity index (χ3n) is 6.36. The van der Waals surface area contributed by atoms with Crippen LogP contribution in [-0.4, -0.2) is 11.8 Å². The molecule has 3 aromatic carbocycles. The zero-order valence-electron chi connectivity index (χ0n) is 21.1. The number of amides is 2. The van der Waals surface area contributed by atoms with Crippen LogP contribution in [0.25, 0.3) is 6.08 Å². The fraction of sp³-hybridized carbons (Fsp3) is 0.161. The van der Waals surface area contributed by atoms with Crippen molar-refractivity contribution in [3.05, 3.63) is 124 Å². The van der Waals surface area contributed by atoms with Gasteiger partial charge < -0.3 is 16.0 Å². The fourth-order valence-electron chi connectivity index (χ4n) is 4.42. The van der Waals surface area contributed by atoms with Crippen LogP contribution in [0.3, 0.4) is 0 Å². The molecular weight excluding hydrogens is 446 g/mol. The summed E-state index contributed by atoms with van der Waals surface area (Å²) in [5.74, 6) is -1.03. The van der Waals surface area contributed by atoms with Crippen molar-refractivity contribution in [1.29, 1.82) is 0 Å². The van der Waals surface area contributed by atoms with E-state index in [-0.39, 0.29) is 11.8 Å². The van der Waals surface area contributed by atoms with Crippen molar-refractivity contribution in [2.45, 2.75) is 27.7 Å². The maximum Gasteiger partial charge on any atom is 0.254 e. The predicted molar refractivity (Wildman–Crippen MR) is 147 cm³/mol. The van der Waals surface area contributed by atoms with E-state index in [1.165, 1.54) is 0 Å². The maximum absolute atomic E-state index is 13.6. The molecular formula is C31H31N3O2. The largest absolute Gasteiger partial charge is 0.362 e. The van der Waals surface area contributed by atoms with Crippen LogP contribution in [-0.2, 0) is 9.59 Å². The Morgan fingerprint density at radius 3 is 1.58 bits per heavy atom. The summed E-state index contributed by atoms with van der Waals surface area (Å²) in [6, 6.07) is 25.2. The highest BCUT2D eigenvalue weighted by molar-refractivity contribution is 6.11. The van der Waals surface area contributed by atoms with Gasteiger partial charge in [0, 0.05) is 39.8 Å². The van der Waals surface area contributed by atoms with E-state index in [4.69, 9.17) is 0 Å². The van der Waals surface area contributed by atoms with Crippen LogP contribution >= 0.6 is 0 Å². The molecule has 0 aliphatic carbocycles. The highest BCUT2D eigenvalue weighted by Gasteiger charge is 2.34. The number of aryl methyl sites for hydroxylation is 2. The number of carbonyl (C=O) groups excluding carboxylic acids is 2. The second-order valence-corrected chi connectivity index (χ2v) is 8.99. The molecule has 1 heterocycles. The molecule has 0 spiro atoms. The molecule has 36 heavy (non-hydrogen) atoms. The van der Waals surface area contributed by atoms with Crippen molar-refractivity contribution < 1.29 is 9.59 Å². The minimum absolute atomic E-state index is 0.245. The Balaban J connectivity index is 1.73. The Morgan fingerprint density at radius 2 is 1.11 bits per heavy atom. The van der Waals surface area contributed by atoms with Crippen molar-refractivity contribution in [3.8, 4) is 0 Å². The molecule has 0 bridgehead atoms. The number of nitrogens with one attached hydrogen (secondary N) is 3. The van der Waals surface area contributed by atoms with Crippen LogP contribution in [0.15, 0.2) is 107 Å². The van der Waals surface area contributed by atoms with Gasteiger partial charge in [-0.15, -0.1) is 0 Å². The summed E-state index contributed by atoms with van der Waals surface area (Å²) in [5.41, 5.74) is 6.85. The van der Waals surface area contributed by atoms with Crippen molar-refractivity contribution in [1.82, 2.24) is 5.32 Å². The molecule has 3 aromatic rings. The normalized spacial score (nSPS) is 14.1. The number of allylic oxidation sites excluding steroid dienone is 3. The van der Waals surface area contributed by atoms with E-state index >= 15 is 0 Å². The highest BCUT2D eigenvalue weighted by Crippen LogP contribution is 2.33. The van der Waals surface area contributed by atoms with Crippen LogP contribution in [0, 0.1) is 19.8 Å². The summed E-state index contributed by atoms with van der Waals surface area (Å²) in [6.45, 7) is 7.65. The smallest absolute Gasteiger partial charge is 0.254 e. The lowest BCUT2D eigenvalue weighted by Gasteiger charge is -2.29. The zero-order valence-corrected chi connectivity index (χ0v) is 21.1. The summed E-state index contributed by atoms with van der Waals surface area (Å²) in [6.07, 6.45) is 3.89. The third kappa shape index (κ3) is 5.47. The van der Waals surface area contributed by atoms with Gasteiger partial charge >= 0.3 is 0 Å². The Hall–Kier alpha value is -4.38. The first-order valence-corrected chi connectivity index (χ1v) is 12.0. The second kappa shape index (κ2) is 10.9. The number of anilines is 2. The van der Waals surface area contributed by atoms with Gasteiger partial charge in [-0.25, -0.2) is 0 Å². The van der Waals surface area contributed by atoms with Gasteiger partial charge in [0.2, 0.25) is 0 Å². The lowest BCUT2D eigenvalue weighted by molar-refractivity contribution is -0.113. The molecule has 0 radical (unpaired) electrons. The molecule has 1 aliphatic rings. The maximum atomic E-state index is 13.6. The van der Waals surface area contributed by atoms with E-state index in [9.17, 15) is 9.59 Å². The van der Waals surface area contributed by atoms with Gasteiger partial charge in [0.1, 0.15) is 0 Å². The summed E-state index contributed by atoms with van der Waals surface area (Å²) < 4.78 is 0. The van der Waals surface area contributed by atoms with Gasteiger partial charge in [-0.1, -0.05) is 78.9 Å². The quantitative estimate of drug-likeness (QED) is 0.387. The van der Waals surface area contributed by atoms with Crippen molar-refractivity contribution in [2.24, 2.45) is 5.92 Å². The summed E-state index contributed by atoms with van der Waals surface area (Å²) >= 11 is 0. The molecule has 1 aliphatic heterocycles. The molecule has 0 fully saturated rings. The van der Waals surface area contributed by atoms with Crippen molar-refractivity contribution in [3.63, 3.8) is 0 Å². The monoisotopic (exact) mass is 477 g/mol. The third-order valence-corrected chi connectivity index (χ3v) is 6.36. The molecule has 0 saturated carbocycles. The first kappa shape index (κ1) is 24.7. The number of benzene rings is 3. The Labute approximate surface area is 212 Å². The minimum atomic E-state index is -0.542. The molecule has 3 N–H and O–H groups in total. The van der Waals surface area contributed by atoms with E-state index in [1.807, 2.05) is 119 Å². The lowest BCUT2D eigenvalue weighted by atomic mass is 9.83. The highest BCUT2D eigenvalue weighted by atomic mass is 16.2. The Kier molecular flexibility index (Phi) is 7.50. The van der Waals surface area contributed by atoms with E-state index in [1.54, 1.807) is 0 Å². The molecule has 182 valence electrons. The Morgan fingerprint density at radius 1 is 0.667 bits per heavy atom. The van der Waals surface area contributed by atoms with E-state index in [0.717, 1.165) is 28.1 Å². The van der Waals surface area contributed by atoms with Gasteiger partial charge in [0.05, 0.1) is 0 Å².